The average molecular weight is 154 g/mol. The Morgan fingerprint density at radius 3 is 2.55 bits per heavy atom. The van der Waals surface area contributed by atoms with Crippen LogP contribution < -0.4 is 0 Å². The third-order valence-corrected chi connectivity index (χ3v) is 2.88. The third-order valence-electron chi connectivity index (χ3n) is 2.88. The van der Waals surface area contributed by atoms with Crippen molar-refractivity contribution in [1.82, 2.24) is 0 Å². The van der Waals surface area contributed by atoms with Crippen LogP contribution in [0.2, 0.25) is 0 Å². The monoisotopic (exact) mass is 154 g/mol. The molecule has 3 heteroatoms. The van der Waals surface area contributed by atoms with E-state index < -0.39 is 5.97 Å². The fourth-order valence-electron chi connectivity index (χ4n) is 2.37. The molecule has 2 fully saturated rings. The summed E-state index contributed by atoms with van der Waals surface area (Å²) in [6, 6.07) is 0. The molecule has 2 saturated carbocycles. The van der Waals surface area contributed by atoms with Crippen molar-refractivity contribution < 1.29 is 14.7 Å². The van der Waals surface area contributed by atoms with Crippen LogP contribution in [0.25, 0.3) is 0 Å². The standard InChI is InChI=1S/C8H10O3/c9-7-3-4-1-5(7)6(2-4)8(10)11/h4-6H,1-3H2,(H,10,11)/t4-,5+,6-/m0/s1. The number of hydrogen-bond acceptors (Lipinski definition) is 2. The number of carboxylic acids is 1. The van der Waals surface area contributed by atoms with Crippen molar-refractivity contribution in [3.63, 3.8) is 0 Å². The number of rotatable bonds is 1. The fourth-order valence-corrected chi connectivity index (χ4v) is 2.37. The Kier molecular flexibility index (Phi) is 1.28. The quantitative estimate of drug-likeness (QED) is 0.604. The van der Waals surface area contributed by atoms with Gasteiger partial charge in [-0.2, -0.15) is 0 Å². The average Bonchev–Trinajstić information content (AvgIpc) is 2.43. The van der Waals surface area contributed by atoms with Crippen LogP contribution in [-0.2, 0) is 9.59 Å². The Morgan fingerprint density at radius 1 is 1.45 bits per heavy atom. The maximum Gasteiger partial charge on any atom is 0.307 e. The lowest BCUT2D eigenvalue weighted by atomic mass is 9.88. The van der Waals surface area contributed by atoms with E-state index in [9.17, 15) is 9.59 Å². The van der Waals surface area contributed by atoms with E-state index in [-0.39, 0.29) is 17.6 Å². The molecule has 0 saturated heterocycles. The molecule has 1 N–H and O–H groups in total. The van der Waals surface area contributed by atoms with Crippen LogP contribution in [0, 0.1) is 17.8 Å². The van der Waals surface area contributed by atoms with E-state index in [4.69, 9.17) is 5.11 Å². The van der Waals surface area contributed by atoms with E-state index in [0.29, 0.717) is 12.3 Å². The lowest BCUT2D eigenvalue weighted by molar-refractivity contribution is -0.146. The van der Waals surface area contributed by atoms with Crippen molar-refractivity contribution in [3.05, 3.63) is 0 Å². The largest absolute Gasteiger partial charge is 0.481 e. The molecule has 3 atom stereocenters. The van der Waals surface area contributed by atoms with Crippen LogP contribution in [0.4, 0.5) is 0 Å². The zero-order chi connectivity index (χ0) is 8.01. The molecule has 0 spiro atoms. The van der Waals surface area contributed by atoms with Crippen LogP contribution in [0.5, 0.6) is 0 Å². The summed E-state index contributed by atoms with van der Waals surface area (Å²) >= 11 is 0. The maximum absolute atomic E-state index is 11.1. The molecule has 2 rings (SSSR count). The SMILES string of the molecule is O=C(O)[C@H]1C[C@H]2CC(=O)[C@@H]1C2. The second-order valence-corrected chi connectivity index (χ2v) is 3.56. The van der Waals surface area contributed by atoms with E-state index in [0.717, 1.165) is 12.8 Å². The summed E-state index contributed by atoms with van der Waals surface area (Å²) in [5.74, 6) is -0.730. The normalized spacial score (nSPS) is 41.5. The number of Topliss-reactive ketones (excluding diaryl/α,β-unsaturated/α-hetero) is 1. The highest BCUT2D eigenvalue weighted by Crippen LogP contribution is 2.46. The summed E-state index contributed by atoms with van der Waals surface area (Å²) in [5, 5.41) is 8.70. The van der Waals surface area contributed by atoms with Gasteiger partial charge in [0.25, 0.3) is 0 Å². The van der Waals surface area contributed by atoms with Gasteiger partial charge in [0.1, 0.15) is 5.78 Å². The Hall–Kier alpha value is -0.860. The van der Waals surface area contributed by atoms with Crippen molar-refractivity contribution in [2.75, 3.05) is 0 Å². The van der Waals surface area contributed by atoms with Crippen LogP contribution >= 0.6 is 0 Å². The zero-order valence-electron chi connectivity index (χ0n) is 6.12. The van der Waals surface area contributed by atoms with Crippen LogP contribution in [0.1, 0.15) is 19.3 Å². The number of carbonyl (C=O) groups excluding carboxylic acids is 1. The Bertz CT molecular complexity index is 221. The first-order valence-corrected chi connectivity index (χ1v) is 3.94. The van der Waals surface area contributed by atoms with Gasteiger partial charge in [0, 0.05) is 12.3 Å². The fraction of sp³-hybridized carbons (Fsp3) is 0.750. The molecule has 0 radical (unpaired) electrons. The Labute approximate surface area is 64.4 Å². The molecule has 0 aliphatic heterocycles. The molecule has 60 valence electrons. The van der Waals surface area contributed by atoms with Gasteiger partial charge in [0.2, 0.25) is 0 Å². The van der Waals surface area contributed by atoms with Crippen molar-refractivity contribution in [3.8, 4) is 0 Å². The van der Waals surface area contributed by atoms with E-state index in [1.165, 1.54) is 0 Å². The van der Waals surface area contributed by atoms with Gasteiger partial charge in [0.05, 0.1) is 5.92 Å². The molecule has 11 heavy (non-hydrogen) atoms. The van der Waals surface area contributed by atoms with Crippen molar-refractivity contribution in [1.29, 1.82) is 0 Å². The zero-order valence-corrected chi connectivity index (χ0v) is 6.12. The molecular weight excluding hydrogens is 144 g/mol. The summed E-state index contributed by atoms with van der Waals surface area (Å²) in [5.41, 5.74) is 0. The smallest absolute Gasteiger partial charge is 0.307 e. The van der Waals surface area contributed by atoms with Crippen LogP contribution in [0.15, 0.2) is 0 Å². The molecule has 0 aromatic carbocycles. The van der Waals surface area contributed by atoms with Gasteiger partial charge < -0.3 is 5.11 Å². The second kappa shape index (κ2) is 2.06. The predicted molar refractivity (Wildman–Crippen MR) is 37.0 cm³/mol. The predicted octanol–water partition coefficient (Wildman–Crippen LogP) is 0.686. The summed E-state index contributed by atoms with van der Waals surface area (Å²) in [7, 11) is 0. The van der Waals surface area contributed by atoms with Crippen molar-refractivity contribution in [2.45, 2.75) is 19.3 Å². The van der Waals surface area contributed by atoms with Crippen LogP contribution in [-0.4, -0.2) is 16.9 Å². The molecule has 3 nitrogen and oxygen atoms in total. The van der Waals surface area contributed by atoms with Crippen molar-refractivity contribution >= 4 is 11.8 Å². The van der Waals surface area contributed by atoms with E-state index in [1.807, 2.05) is 0 Å². The molecule has 0 amide bonds. The molecule has 0 aromatic heterocycles. The first-order valence-electron chi connectivity index (χ1n) is 3.94. The Balaban J connectivity index is 2.18. The molecular formula is C8H10O3. The van der Waals surface area contributed by atoms with Gasteiger partial charge in [-0.3, -0.25) is 9.59 Å². The van der Waals surface area contributed by atoms with Gasteiger partial charge in [-0.05, 0) is 18.8 Å². The topological polar surface area (TPSA) is 54.4 Å². The second-order valence-electron chi connectivity index (χ2n) is 3.56. The number of carboxylic acid groups (broad SMARTS) is 1. The highest BCUT2D eigenvalue weighted by atomic mass is 16.4. The lowest BCUT2D eigenvalue weighted by Crippen LogP contribution is -2.26. The summed E-state index contributed by atoms with van der Waals surface area (Å²) in [4.78, 5) is 21.7. The Morgan fingerprint density at radius 2 is 2.18 bits per heavy atom. The molecule has 0 unspecified atom stereocenters. The van der Waals surface area contributed by atoms with E-state index in [1.54, 1.807) is 0 Å². The minimum absolute atomic E-state index is 0.141. The van der Waals surface area contributed by atoms with Gasteiger partial charge in [-0.15, -0.1) is 0 Å². The van der Waals surface area contributed by atoms with Crippen LogP contribution in [0.3, 0.4) is 0 Å². The van der Waals surface area contributed by atoms with Gasteiger partial charge in [0.15, 0.2) is 0 Å². The van der Waals surface area contributed by atoms with Crippen molar-refractivity contribution in [2.24, 2.45) is 17.8 Å². The highest BCUT2D eigenvalue weighted by Gasteiger charge is 2.48. The number of aliphatic carboxylic acids is 1. The molecule has 0 aromatic rings. The first kappa shape index (κ1) is 6.83. The maximum atomic E-state index is 11.1. The molecule has 0 heterocycles. The molecule has 2 bridgehead atoms. The lowest BCUT2D eigenvalue weighted by Gasteiger charge is -2.15. The number of hydrogen-bond donors (Lipinski definition) is 1. The van der Waals surface area contributed by atoms with E-state index >= 15 is 0 Å². The molecule has 2 aliphatic rings. The third kappa shape index (κ3) is 0.870. The highest BCUT2D eigenvalue weighted by molar-refractivity contribution is 5.89. The summed E-state index contributed by atoms with van der Waals surface area (Å²) < 4.78 is 0. The number of ketones is 1. The molecule has 2 aliphatic carbocycles. The van der Waals surface area contributed by atoms with Gasteiger partial charge >= 0.3 is 5.97 Å². The summed E-state index contributed by atoms with van der Waals surface area (Å²) in [6.07, 6.45) is 2.19. The minimum Gasteiger partial charge on any atom is -0.481 e. The number of fused-ring (bicyclic) bond motifs is 2. The van der Waals surface area contributed by atoms with E-state index in [2.05, 4.69) is 0 Å². The van der Waals surface area contributed by atoms with Gasteiger partial charge in [-0.1, -0.05) is 0 Å². The summed E-state index contributed by atoms with van der Waals surface area (Å²) in [6.45, 7) is 0. The first-order chi connectivity index (χ1) is 5.18. The number of carbonyl (C=O) groups is 2. The van der Waals surface area contributed by atoms with Gasteiger partial charge in [-0.25, -0.2) is 0 Å². The minimum atomic E-state index is -0.787.